The average Bonchev–Trinajstić information content (AvgIpc) is 3.25. The lowest BCUT2D eigenvalue weighted by atomic mass is 10.2. The first kappa shape index (κ1) is 19.8. The Balaban J connectivity index is 1.73. The molecule has 1 amide bonds. The second kappa shape index (κ2) is 8.41. The van der Waals surface area contributed by atoms with Crippen molar-refractivity contribution >= 4 is 22.1 Å². The van der Waals surface area contributed by atoms with Crippen LogP contribution in [0.4, 0.5) is 0 Å². The Morgan fingerprint density at radius 2 is 1.96 bits per heavy atom. The zero-order valence-corrected chi connectivity index (χ0v) is 16.1. The third-order valence-corrected chi connectivity index (χ3v) is 6.30. The van der Waals surface area contributed by atoms with Crippen LogP contribution in [-0.4, -0.2) is 50.2 Å². The van der Waals surface area contributed by atoms with Crippen molar-refractivity contribution in [1.82, 2.24) is 9.73 Å². The van der Waals surface area contributed by atoms with E-state index in [1.54, 1.807) is 12.1 Å². The molecule has 0 unspecified atom stereocenters. The van der Waals surface area contributed by atoms with Gasteiger partial charge in [0, 0.05) is 24.2 Å². The number of benzene rings is 2. The van der Waals surface area contributed by atoms with E-state index in [4.69, 9.17) is 4.74 Å². The summed E-state index contributed by atoms with van der Waals surface area (Å²) in [5.41, 5.74) is 2.87. The van der Waals surface area contributed by atoms with E-state index in [0.29, 0.717) is 24.4 Å². The van der Waals surface area contributed by atoms with Crippen molar-refractivity contribution in [2.24, 2.45) is 5.10 Å². The number of hydrogen-bond donors (Lipinski definition) is 2. The third-order valence-electron chi connectivity index (χ3n) is 4.40. The Labute approximate surface area is 163 Å². The molecule has 3 rings (SSSR count). The van der Waals surface area contributed by atoms with E-state index < -0.39 is 15.9 Å². The Hall–Kier alpha value is -2.91. The molecule has 148 valence electrons. The number of ether oxygens (including phenoxy) is 1. The lowest BCUT2D eigenvalue weighted by Gasteiger charge is -2.15. The average molecular weight is 403 g/mol. The number of amides is 1. The fraction of sp³-hybridized carbons (Fsp3) is 0.263. The van der Waals surface area contributed by atoms with Gasteiger partial charge in [-0.05, 0) is 49.2 Å². The van der Waals surface area contributed by atoms with Crippen LogP contribution in [0.25, 0.3) is 0 Å². The molecular weight excluding hydrogens is 382 g/mol. The fourth-order valence-electron chi connectivity index (χ4n) is 2.86. The van der Waals surface area contributed by atoms with Crippen LogP contribution >= 0.6 is 0 Å². The Morgan fingerprint density at radius 3 is 2.68 bits per heavy atom. The number of nitrogens with one attached hydrogen (secondary N) is 1. The Morgan fingerprint density at radius 1 is 1.21 bits per heavy atom. The summed E-state index contributed by atoms with van der Waals surface area (Å²) >= 11 is 0. The van der Waals surface area contributed by atoms with Crippen molar-refractivity contribution in [3.8, 4) is 11.5 Å². The van der Waals surface area contributed by atoms with Crippen LogP contribution in [0.1, 0.15) is 28.8 Å². The van der Waals surface area contributed by atoms with Gasteiger partial charge in [0.1, 0.15) is 11.5 Å². The first-order valence-corrected chi connectivity index (χ1v) is 10.2. The van der Waals surface area contributed by atoms with Crippen LogP contribution < -0.4 is 10.2 Å². The number of phenolic OH excluding ortho intramolecular Hbond substituents is 1. The van der Waals surface area contributed by atoms with Crippen molar-refractivity contribution in [3.05, 3.63) is 53.6 Å². The summed E-state index contributed by atoms with van der Waals surface area (Å²) in [6, 6.07) is 10.5. The van der Waals surface area contributed by atoms with Gasteiger partial charge in [-0.25, -0.2) is 13.8 Å². The number of aromatic hydroxyl groups is 1. The summed E-state index contributed by atoms with van der Waals surface area (Å²) in [6.45, 7) is 0.986. The van der Waals surface area contributed by atoms with Crippen molar-refractivity contribution < 1.29 is 23.1 Å². The highest BCUT2D eigenvalue weighted by Crippen LogP contribution is 2.22. The summed E-state index contributed by atoms with van der Waals surface area (Å²) in [4.78, 5) is 12.4. The van der Waals surface area contributed by atoms with E-state index >= 15 is 0 Å². The molecule has 1 fully saturated rings. The molecule has 9 heteroatoms. The van der Waals surface area contributed by atoms with Gasteiger partial charge in [-0.15, -0.1) is 0 Å². The topological polar surface area (TPSA) is 108 Å². The summed E-state index contributed by atoms with van der Waals surface area (Å²) < 4.78 is 31.8. The summed E-state index contributed by atoms with van der Waals surface area (Å²) in [7, 11) is -2.11. The summed E-state index contributed by atoms with van der Waals surface area (Å²) in [5, 5.41) is 13.6. The van der Waals surface area contributed by atoms with E-state index in [0.717, 1.165) is 12.8 Å². The van der Waals surface area contributed by atoms with Gasteiger partial charge in [0.2, 0.25) is 10.0 Å². The Bertz CT molecular complexity index is 998. The predicted octanol–water partition coefficient (Wildman–Crippen LogP) is 1.95. The van der Waals surface area contributed by atoms with Gasteiger partial charge in [0.25, 0.3) is 5.91 Å². The third kappa shape index (κ3) is 4.32. The van der Waals surface area contributed by atoms with Crippen LogP contribution in [0.5, 0.6) is 11.5 Å². The highest BCUT2D eigenvalue weighted by atomic mass is 32.2. The van der Waals surface area contributed by atoms with Gasteiger partial charge in [-0.2, -0.15) is 9.41 Å². The number of phenols is 1. The number of carbonyl (C=O) groups is 1. The number of hydrogen-bond acceptors (Lipinski definition) is 6. The van der Waals surface area contributed by atoms with Crippen LogP contribution in [-0.2, 0) is 10.0 Å². The van der Waals surface area contributed by atoms with Crippen molar-refractivity contribution in [1.29, 1.82) is 0 Å². The number of nitrogens with zero attached hydrogens (tertiary/aromatic N) is 2. The molecule has 0 radical (unpaired) electrons. The van der Waals surface area contributed by atoms with Gasteiger partial charge in [-0.3, -0.25) is 4.79 Å². The number of rotatable bonds is 6. The highest BCUT2D eigenvalue weighted by molar-refractivity contribution is 7.89. The minimum absolute atomic E-state index is 0.0162. The van der Waals surface area contributed by atoms with Gasteiger partial charge in [0.05, 0.1) is 18.2 Å². The first-order chi connectivity index (χ1) is 13.4. The number of hydrazone groups is 1. The minimum atomic E-state index is -3.60. The largest absolute Gasteiger partial charge is 0.507 e. The van der Waals surface area contributed by atoms with E-state index in [1.807, 2.05) is 0 Å². The van der Waals surface area contributed by atoms with E-state index in [9.17, 15) is 18.3 Å². The Kier molecular flexibility index (Phi) is 5.96. The monoisotopic (exact) mass is 403 g/mol. The van der Waals surface area contributed by atoms with Gasteiger partial charge in [-0.1, -0.05) is 6.07 Å². The molecule has 2 aromatic rings. The number of sulfonamides is 1. The predicted molar refractivity (Wildman–Crippen MR) is 104 cm³/mol. The van der Waals surface area contributed by atoms with Gasteiger partial charge < -0.3 is 9.84 Å². The zero-order chi connectivity index (χ0) is 20.1. The molecule has 0 bridgehead atoms. The molecule has 0 spiro atoms. The number of carbonyl (C=O) groups excluding carboxylic acids is 1. The molecule has 1 saturated heterocycles. The molecule has 2 N–H and O–H groups in total. The minimum Gasteiger partial charge on any atom is -0.507 e. The summed E-state index contributed by atoms with van der Waals surface area (Å²) in [5.74, 6) is -0.0417. The molecule has 1 heterocycles. The maximum Gasteiger partial charge on any atom is 0.271 e. The second-order valence-electron chi connectivity index (χ2n) is 6.26. The molecule has 8 nitrogen and oxygen atoms in total. The number of methoxy groups -OCH3 is 1. The first-order valence-electron chi connectivity index (χ1n) is 8.72. The van der Waals surface area contributed by atoms with E-state index in [2.05, 4.69) is 10.5 Å². The van der Waals surface area contributed by atoms with Crippen molar-refractivity contribution in [3.63, 3.8) is 0 Å². The molecule has 0 atom stereocenters. The lowest BCUT2D eigenvalue weighted by molar-refractivity contribution is 0.0955. The van der Waals surface area contributed by atoms with Crippen LogP contribution in [0, 0.1) is 0 Å². The van der Waals surface area contributed by atoms with Crippen molar-refractivity contribution in [2.75, 3.05) is 20.2 Å². The van der Waals surface area contributed by atoms with Crippen molar-refractivity contribution in [2.45, 2.75) is 17.7 Å². The van der Waals surface area contributed by atoms with Crippen LogP contribution in [0.3, 0.4) is 0 Å². The molecular formula is C19H21N3O5S. The SMILES string of the molecule is COc1ccc(O)c(/C=N/NC(=O)c2cccc(S(=O)(=O)N3CCCC3)c2)c1. The van der Waals surface area contributed by atoms with Crippen LogP contribution in [0.15, 0.2) is 52.5 Å². The summed E-state index contributed by atoms with van der Waals surface area (Å²) in [6.07, 6.45) is 2.96. The molecule has 1 aliphatic rings. The molecule has 0 aliphatic carbocycles. The quantitative estimate of drug-likeness (QED) is 0.566. The zero-order valence-electron chi connectivity index (χ0n) is 15.3. The second-order valence-corrected chi connectivity index (χ2v) is 8.20. The van der Waals surface area contributed by atoms with Gasteiger partial charge in [0.15, 0.2) is 0 Å². The lowest BCUT2D eigenvalue weighted by Crippen LogP contribution is -2.28. The van der Waals surface area contributed by atoms with Gasteiger partial charge >= 0.3 is 0 Å². The maximum atomic E-state index is 12.6. The molecule has 1 aliphatic heterocycles. The van der Waals surface area contributed by atoms with E-state index in [1.165, 1.54) is 48.0 Å². The van der Waals surface area contributed by atoms with Crippen LogP contribution in [0.2, 0.25) is 0 Å². The highest BCUT2D eigenvalue weighted by Gasteiger charge is 2.27. The molecule has 28 heavy (non-hydrogen) atoms. The molecule has 0 saturated carbocycles. The molecule has 2 aromatic carbocycles. The molecule has 0 aromatic heterocycles. The maximum absolute atomic E-state index is 12.6. The standard InChI is InChI=1S/C19H21N3O5S/c1-27-16-7-8-18(23)15(11-16)13-20-21-19(24)14-5-4-6-17(12-14)28(25,26)22-9-2-3-10-22/h4-8,11-13,23H,2-3,9-10H2,1H3,(H,21,24)/b20-13+. The normalized spacial score (nSPS) is 15.0. The fourth-order valence-corrected chi connectivity index (χ4v) is 4.43. The smallest absolute Gasteiger partial charge is 0.271 e. The van der Waals surface area contributed by atoms with E-state index in [-0.39, 0.29) is 16.2 Å².